The number of rotatable bonds is 5. The Kier molecular flexibility index (Phi) is 3.77. The van der Waals surface area contributed by atoms with Crippen molar-refractivity contribution in [1.29, 1.82) is 0 Å². The quantitative estimate of drug-likeness (QED) is 0.628. The van der Waals surface area contributed by atoms with E-state index in [0.29, 0.717) is 23.3 Å². The molecule has 7 heteroatoms. The summed E-state index contributed by atoms with van der Waals surface area (Å²) in [5.74, 6) is 0.399. The minimum atomic E-state index is -0.486. The number of benzene rings is 1. The van der Waals surface area contributed by atoms with Crippen molar-refractivity contribution in [2.24, 2.45) is 0 Å². The highest BCUT2D eigenvalue weighted by Gasteiger charge is 2.18. The zero-order chi connectivity index (χ0) is 14.0. The van der Waals surface area contributed by atoms with Crippen molar-refractivity contribution in [2.45, 2.75) is 26.0 Å². The lowest BCUT2D eigenvalue weighted by molar-refractivity contribution is -0.384. The molecule has 2 rings (SSSR count). The molecule has 0 spiro atoms. The molecule has 0 radical (unpaired) electrons. The van der Waals surface area contributed by atoms with Gasteiger partial charge in [0.15, 0.2) is 0 Å². The molecule has 19 heavy (non-hydrogen) atoms. The van der Waals surface area contributed by atoms with Crippen LogP contribution >= 0.6 is 0 Å². The number of fused-ring (bicyclic) bond motifs is 1. The second-order valence-electron chi connectivity index (χ2n) is 4.23. The third kappa shape index (κ3) is 2.29. The van der Waals surface area contributed by atoms with Crippen LogP contribution in [0.5, 0.6) is 0 Å². The lowest BCUT2D eigenvalue weighted by atomic mass is 10.2. The Labute approximate surface area is 109 Å². The summed E-state index contributed by atoms with van der Waals surface area (Å²) < 4.78 is 1.74. The predicted octanol–water partition coefficient (Wildman–Crippen LogP) is 1.38. The van der Waals surface area contributed by atoms with E-state index in [-0.39, 0.29) is 24.9 Å². The van der Waals surface area contributed by atoms with Crippen molar-refractivity contribution in [3.8, 4) is 0 Å². The number of imidazole rings is 1. The molecule has 1 heterocycles. The van der Waals surface area contributed by atoms with Gasteiger partial charge in [-0.1, -0.05) is 6.92 Å². The molecule has 1 aromatic carbocycles. The van der Waals surface area contributed by atoms with Crippen LogP contribution in [0.3, 0.4) is 0 Å². The van der Waals surface area contributed by atoms with Gasteiger partial charge in [0.2, 0.25) is 0 Å². The molecule has 7 nitrogen and oxygen atoms in total. The smallest absolute Gasteiger partial charge is 0.271 e. The molecule has 1 atom stereocenters. The zero-order valence-electron chi connectivity index (χ0n) is 10.5. The number of aromatic nitrogens is 2. The number of hydrogen-bond donors (Lipinski definition) is 2. The van der Waals surface area contributed by atoms with Gasteiger partial charge in [0.25, 0.3) is 5.69 Å². The molecule has 0 aliphatic heterocycles. The van der Waals surface area contributed by atoms with Gasteiger partial charge in [0, 0.05) is 12.1 Å². The molecule has 2 N–H and O–H groups in total. The maximum Gasteiger partial charge on any atom is 0.271 e. The van der Waals surface area contributed by atoms with E-state index in [1.165, 1.54) is 12.1 Å². The Bertz CT molecular complexity index is 604. The molecule has 0 amide bonds. The third-order valence-corrected chi connectivity index (χ3v) is 3.15. The lowest BCUT2D eigenvalue weighted by Crippen LogP contribution is -2.15. The van der Waals surface area contributed by atoms with Crippen LogP contribution in [0.15, 0.2) is 18.2 Å². The lowest BCUT2D eigenvalue weighted by Gasteiger charge is -2.17. The predicted molar refractivity (Wildman–Crippen MR) is 68.7 cm³/mol. The van der Waals surface area contributed by atoms with Gasteiger partial charge in [0.05, 0.1) is 28.6 Å². The first-order valence-electron chi connectivity index (χ1n) is 5.99. The second-order valence-corrected chi connectivity index (χ2v) is 4.23. The van der Waals surface area contributed by atoms with Crippen molar-refractivity contribution >= 4 is 16.7 Å². The number of nitro groups is 1. The molecule has 0 saturated carbocycles. The average molecular weight is 265 g/mol. The minimum Gasteiger partial charge on any atom is -0.394 e. The van der Waals surface area contributed by atoms with Crippen LogP contribution < -0.4 is 0 Å². The molecule has 0 aliphatic carbocycles. The fraction of sp³-hybridized carbons (Fsp3) is 0.417. The Morgan fingerprint density at radius 3 is 2.74 bits per heavy atom. The van der Waals surface area contributed by atoms with E-state index in [9.17, 15) is 20.3 Å². The van der Waals surface area contributed by atoms with Crippen molar-refractivity contribution in [3.63, 3.8) is 0 Å². The molecule has 1 aromatic heterocycles. The zero-order valence-corrected chi connectivity index (χ0v) is 10.5. The van der Waals surface area contributed by atoms with Crippen molar-refractivity contribution in [3.05, 3.63) is 34.1 Å². The monoisotopic (exact) mass is 265 g/mol. The molecule has 0 saturated heterocycles. The van der Waals surface area contributed by atoms with Crippen LogP contribution in [-0.2, 0) is 6.61 Å². The van der Waals surface area contributed by atoms with E-state index in [4.69, 9.17) is 0 Å². The van der Waals surface area contributed by atoms with Crippen LogP contribution in [0.4, 0.5) is 5.69 Å². The van der Waals surface area contributed by atoms with E-state index >= 15 is 0 Å². The summed E-state index contributed by atoms with van der Waals surface area (Å²) >= 11 is 0. The topological polar surface area (TPSA) is 101 Å². The van der Waals surface area contributed by atoms with E-state index < -0.39 is 4.92 Å². The number of aliphatic hydroxyl groups is 2. The van der Waals surface area contributed by atoms with E-state index in [1.54, 1.807) is 10.6 Å². The van der Waals surface area contributed by atoms with Crippen LogP contribution in [0, 0.1) is 10.1 Å². The summed E-state index contributed by atoms with van der Waals surface area (Å²) in [4.78, 5) is 14.4. The minimum absolute atomic E-state index is 0.0429. The summed E-state index contributed by atoms with van der Waals surface area (Å²) in [6, 6.07) is 4.16. The Morgan fingerprint density at radius 1 is 1.47 bits per heavy atom. The SMILES string of the molecule is CC[C@@H](CO)n1c(CO)nc2cc([N+](=O)[O-])ccc21. The number of aliphatic hydroxyl groups excluding tert-OH is 2. The molecule has 102 valence electrons. The summed E-state index contributed by atoms with van der Waals surface area (Å²) in [5, 5.41) is 29.5. The van der Waals surface area contributed by atoms with Gasteiger partial charge < -0.3 is 14.8 Å². The van der Waals surface area contributed by atoms with Gasteiger partial charge in [0.1, 0.15) is 12.4 Å². The highest BCUT2D eigenvalue weighted by molar-refractivity contribution is 5.79. The molecule has 0 bridgehead atoms. The van der Waals surface area contributed by atoms with Gasteiger partial charge in [-0.05, 0) is 12.5 Å². The fourth-order valence-corrected chi connectivity index (χ4v) is 2.16. The first-order valence-corrected chi connectivity index (χ1v) is 5.99. The number of hydrogen-bond acceptors (Lipinski definition) is 5. The standard InChI is InChI=1S/C12H15N3O4/c1-2-8(6-16)14-11-4-3-9(15(18)19)5-10(11)13-12(14)7-17/h3-5,8,16-17H,2,6-7H2,1H3/t8-/m0/s1. The highest BCUT2D eigenvalue weighted by atomic mass is 16.6. The normalized spacial score (nSPS) is 12.8. The average Bonchev–Trinajstić information content (AvgIpc) is 2.78. The van der Waals surface area contributed by atoms with E-state index in [0.717, 1.165) is 0 Å². The molecular weight excluding hydrogens is 250 g/mol. The largest absolute Gasteiger partial charge is 0.394 e. The molecule has 0 unspecified atom stereocenters. The number of nitrogens with zero attached hydrogens (tertiary/aromatic N) is 3. The molecule has 0 fully saturated rings. The van der Waals surface area contributed by atoms with Gasteiger partial charge >= 0.3 is 0 Å². The fourth-order valence-electron chi connectivity index (χ4n) is 2.16. The van der Waals surface area contributed by atoms with Gasteiger partial charge in [-0.3, -0.25) is 10.1 Å². The molecule has 0 aliphatic rings. The summed E-state index contributed by atoms with van der Waals surface area (Å²) in [6.07, 6.45) is 0.673. The molecular formula is C12H15N3O4. The van der Waals surface area contributed by atoms with Gasteiger partial charge in [-0.2, -0.15) is 0 Å². The molecule has 2 aromatic rings. The number of nitro benzene ring substituents is 1. The van der Waals surface area contributed by atoms with Gasteiger partial charge in [-0.15, -0.1) is 0 Å². The Balaban J connectivity index is 2.65. The summed E-state index contributed by atoms with van der Waals surface area (Å²) in [7, 11) is 0. The summed E-state index contributed by atoms with van der Waals surface area (Å²) in [6.45, 7) is 1.56. The van der Waals surface area contributed by atoms with Crippen LogP contribution in [0.1, 0.15) is 25.2 Å². The second kappa shape index (κ2) is 5.33. The maximum absolute atomic E-state index is 10.7. The van der Waals surface area contributed by atoms with Crippen molar-refractivity contribution in [2.75, 3.05) is 6.61 Å². The third-order valence-electron chi connectivity index (χ3n) is 3.15. The summed E-state index contributed by atoms with van der Waals surface area (Å²) in [5.41, 5.74) is 1.08. The first kappa shape index (κ1) is 13.4. The highest BCUT2D eigenvalue weighted by Crippen LogP contribution is 2.26. The van der Waals surface area contributed by atoms with Crippen LogP contribution in [0.25, 0.3) is 11.0 Å². The Hall–Kier alpha value is -1.99. The van der Waals surface area contributed by atoms with E-state index in [1.807, 2.05) is 6.92 Å². The van der Waals surface area contributed by atoms with Crippen molar-refractivity contribution < 1.29 is 15.1 Å². The Morgan fingerprint density at radius 2 is 2.21 bits per heavy atom. The first-order chi connectivity index (χ1) is 9.12. The van der Waals surface area contributed by atoms with E-state index in [2.05, 4.69) is 4.98 Å². The maximum atomic E-state index is 10.7. The van der Waals surface area contributed by atoms with Crippen LogP contribution in [0.2, 0.25) is 0 Å². The number of non-ortho nitro benzene ring substituents is 1. The van der Waals surface area contributed by atoms with Crippen LogP contribution in [-0.4, -0.2) is 31.3 Å². The van der Waals surface area contributed by atoms with Gasteiger partial charge in [-0.25, -0.2) is 4.98 Å². The van der Waals surface area contributed by atoms with Crippen molar-refractivity contribution in [1.82, 2.24) is 9.55 Å².